The number of hydrogen-bond donors (Lipinski definition) is 2. The summed E-state index contributed by atoms with van der Waals surface area (Å²) in [5.41, 5.74) is 1.20. The smallest absolute Gasteiger partial charge is 0.191 e. The van der Waals surface area contributed by atoms with Gasteiger partial charge in [-0.2, -0.15) is 11.8 Å². The summed E-state index contributed by atoms with van der Waals surface area (Å²) < 4.78 is 11.5. The van der Waals surface area contributed by atoms with Gasteiger partial charge in [0.25, 0.3) is 0 Å². The van der Waals surface area contributed by atoms with Gasteiger partial charge in [-0.25, -0.2) is 0 Å². The fourth-order valence-corrected chi connectivity index (χ4v) is 4.19. The number of nitrogens with one attached hydrogen (secondary N) is 2. The lowest BCUT2D eigenvalue weighted by atomic mass is 9.99. The second kappa shape index (κ2) is 12.2. The predicted molar refractivity (Wildman–Crippen MR) is 111 cm³/mol. The molecule has 1 aliphatic heterocycles. The molecule has 0 radical (unpaired) electrons. The standard InChI is InChI=1S/C20H33N3O2S/c1-3-21-19(22-12-15-25-16-18-8-6-5-7-9-18)23-17-20(26-4-2)10-13-24-14-11-20/h5-9H,3-4,10-17H2,1-2H3,(H2,21,22,23). The Morgan fingerprint density at radius 2 is 1.96 bits per heavy atom. The number of ether oxygens (including phenoxy) is 2. The first-order chi connectivity index (χ1) is 12.8. The Bertz CT molecular complexity index is 514. The van der Waals surface area contributed by atoms with E-state index < -0.39 is 0 Å². The van der Waals surface area contributed by atoms with Crippen molar-refractivity contribution in [3.05, 3.63) is 35.9 Å². The molecule has 1 fully saturated rings. The number of nitrogens with zero attached hydrogens (tertiary/aromatic N) is 1. The third kappa shape index (κ3) is 7.56. The molecule has 2 N–H and O–H groups in total. The van der Waals surface area contributed by atoms with Crippen LogP contribution >= 0.6 is 11.8 Å². The van der Waals surface area contributed by atoms with Crippen LogP contribution in [-0.4, -0.2) is 55.9 Å². The maximum absolute atomic E-state index is 5.74. The molecule has 1 aliphatic rings. The van der Waals surface area contributed by atoms with Gasteiger partial charge in [-0.3, -0.25) is 4.99 Å². The third-order valence-corrected chi connectivity index (χ3v) is 5.81. The van der Waals surface area contributed by atoms with Gasteiger partial charge in [0, 0.05) is 31.1 Å². The first-order valence-electron chi connectivity index (χ1n) is 9.63. The molecule has 0 spiro atoms. The molecular weight excluding hydrogens is 346 g/mol. The van der Waals surface area contributed by atoms with Gasteiger partial charge in [0.1, 0.15) is 0 Å². The zero-order valence-corrected chi connectivity index (χ0v) is 16.9. The van der Waals surface area contributed by atoms with Crippen LogP contribution in [0.15, 0.2) is 35.3 Å². The maximum atomic E-state index is 5.74. The zero-order chi connectivity index (χ0) is 18.5. The second-order valence-electron chi connectivity index (χ2n) is 6.39. The van der Waals surface area contributed by atoms with Crippen LogP contribution in [0.4, 0.5) is 0 Å². The van der Waals surface area contributed by atoms with Crippen molar-refractivity contribution >= 4 is 17.7 Å². The summed E-state index contributed by atoms with van der Waals surface area (Å²) in [5.74, 6) is 1.99. The highest BCUT2D eigenvalue weighted by atomic mass is 32.2. The summed E-state index contributed by atoms with van der Waals surface area (Å²) in [5, 5.41) is 6.71. The summed E-state index contributed by atoms with van der Waals surface area (Å²) in [4.78, 5) is 4.85. The van der Waals surface area contributed by atoms with E-state index in [1.54, 1.807) is 0 Å². The molecule has 0 saturated carbocycles. The molecule has 1 saturated heterocycles. The summed E-state index contributed by atoms with van der Waals surface area (Å²) in [6, 6.07) is 10.3. The minimum Gasteiger partial charge on any atom is -0.381 e. The van der Waals surface area contributed by atoms with Gasteiger partial charge in [0.2, 0.25) is 0 Å². The van der Waals surface area contributed by atoms with E-state index in [0.29, 0.717) is 13.2 Å². The first kappa shape index (κ1) is 21.1. The molecule has 0 unspecified atom stereocenters. The normalized spacial score (nSPS) is 17.1. The van der Waals surface area contributed by atoms with E-state index >= 15 is 0 Å². The number of thioether (sulfide) groups is 1. The first-order valence-corrected chi connectivity index (χ1v) is 10.6. The molecule has 6 heteroatoms. The molecule has 26 heavy (non-hydrogen) atoms. The molecule has 5 nitrogen and oxygen atoms in total. The molecule has 0 atom stereocenters. The summed E-state index contributed by atoms with van der Waals surface area (Å²) in [7, 11) is 0. The van der Waals surface area contributed by atoms with E-state index in [-0.39, 0.29) is 4.75 Å². The topological polar surface area (TPSA) is 54.9 Å². The van der Waals surface area contributed by atoms with Crippen molar-refractivity contribution in [2.75, 3.05) is 45.2 Å². The monoisotopic (exact) mass is 379 g/mol. The molecular formula is C20H33N3O2S. The highest BCUT2D eigenvalue weighted by molar-refractivity contribution is 8.00. The quantitative estimate of drug-likeness (QED) is 0.372. The zero-order valence-electron chi connectivity index (χ0n) is 16.1. The van der Waals surface area contributed by atoms with Gasteiger partial charge in [0.05, 0.1) is 19.8 Å². The van der Waals surface area contributed by atoms with E-state index in [1.807, 2.05) is 30.0 Å². The predicted octanol–water partition coefficient (Wildman–Crippen LogP) is 3.06. The van der Waals surface area contributed by atoms with E-state index in [1.165, 1.54) is 5.56 Å². The van der Waals surface area contributed by atoms with Crippen molar-refractivity contribution in [3.63, 3.8) is 0 Å². The van der Waals surface area contributed by atoms with Gasteiger partial charge in [-0.15, -0.1) is 0 Å². The average Bonchev–Trinajstić information content (AvgIpc) is 2.67. The minimum absolute atomic E-state index is 0.221. The van der Waals surface area contributed by atoms with E-state index in [0.717, 1.165) is 57.4 Å². The fraction of sp³-hybridized carbons (Fsp3) is 0.650. The SMILES string of the molecule is CCNC(=NCC1(SCC)CCOCC1)NCCOCc1ccccc1. The molecule has 1 heterocycles. The molecule has 1 aromatic rings. The van der Waals surface area contributed by atoms with Gasteiger partial charge in [0.15, 0.2) is 5.96 Å². The Morgan fingerprint density at radius 1 is 1.19 bits per heavy atom. The Labute approximate surface area is 162 Å². The molecule has 0 aromatic heterocycles. The minimum atomic E-state index is 0.221. The lowest BCUT2D eigenvalue weighted by molar-refractivity contribution is 0.0793. The van der Waals surface area contributed by atoms with Gasteiger partial charge >= 0.3 is 0 Å². The maximum Gasteiger partial charge on any atom is 0.191 e. The fourth-order valence-electron chi connectivity index (χ4n) is 2.97. The molecule has 146 valence electrons. The molecule has 0 bridgehead atoms. The molecule has 0 amide bonds. The van der Waals surface area contributed by atoms with Crippen molar-refractivity contribution < 1.29 is 9.47 Å². The van der Waals surface area contributed by atoms with Crippen LogP contribution in [0.25, 0.3) is 0 Å². The molecule has 2 rings (SSSR count). The number of guanidine groups is 1. The van der Waals surface area contributed by atoms with Crippen molar-refractivity contribution in [3.8, 4) is 0 Å². The van der Waals surface area contributed by atoms with Crippen molar-refractivity contribution in [2.24, 2.45) is 4.99 Å². The highest BCUT2D eigenvalue weighted by Gasteiger charge is 2.32. The van der Waals surface area contributed by atoms with E-state index in [4.69, 9.17) is 14.5 Å². The lowest BCUT2D eigenvalue weighted by Crippen LogP contribution is -2.42. The number of benzene rings is 1. The van der Waals surface area contributed by atoms with Crippen LogP contribution in [0.2, 0.25) is 0 Å². The van der Waals surface area contributed by atoms with Gasteiger partial charge < -0.3 is 20.1 Å². The average molecular weight is 380 g/mol. The van der Waals surface area contributed by atoms with Crippen molar-refractivity contribution in [2.45, 2.75) is 38.0 Å². The highest BCUT2D eigenvalue weighted by Crippen LogP contribution is 2.35. The van der Waals surface area contributed by atoms with E-state index in [2.05, 4.69) is 36.6 Å². The van der Waals surface area contributed by atoms with Gasteiger partial charge in [-0.05, 0) is 31.1 Å². The Balaban J connectivity index is 1.76. The third-order valence-electron chi connectivity index (χ3n) is 4.37. The summed E-state index contributed by atoms with van der Waals surface area (Å²) in [6.07, 6.45) is 2.16. The van der Waals surface area contributed by atoms with E-state index in [9.17, 15) is 0 Å². The van der Waals surface area contributed by atoms with Crippen LogP contribution in [0.5, 0.6) is 0 Å². The number of hydrogen-bond acceptors (Lipinski definition) is 4. The molecule has 0 aliphatic carbocycles. The van der Waals surface area contributed by atoms with Crippen LogP contribution in [-0.2, 0) is 16.1 Å². The summed E-state index contributed by atoms with van der Waals surface area (Å²) in [6.45, 7) is 9.74. The molecule has 1 aromatic carbocycles. The largest absolute Gasteiger partial charge is 0.381 e. The van der Waals surface area contributed by atoms with Crippen LogP contribution in [0.3, 0.4) is 0 Å². The second-order valence-corrected chi connectivity index (χ2v) is 8.12. The van der Waals surface area contributed by atoms with Crippen molar-refractivity contribution in [1.29, 1.82) is 0 Å². The Kier molecular flexibility index (Phi) is 9.89. The number of aliphatic imine (C=N–C) groups is 1. The number of rotatable bonds is 10. The lowest BCUT2D eigenvalue weighted by Gasteiger charge is -2.35. The van der Waals surface area contributed by atoms with Gasteiger partial charge in [-0.1, -0.05) is 37.3 Å². The Hall–Kier alpha value is -1.24. The van der Waals surface area contributed by atoms with Crippen molar-refractivity contribution in [1.82, 2.24) is 10.6 Å². The Morgan fingerprint density at radius 3 is 2.65 bits per heavy atom. The van der Waals surface area contributed by atoms with Crippen LogP contribution in [0, 0.1) is 0 Å². The van der Waals surface area contributed by atoms with Crippen LogP contribution in [0.1, 0.15) is 32.3 Å². The van der Waals surface area contributed by atoms with Crippen LogP contribution < -0.4 is 10.6 Å². The summed E-state index contributed by atoms with van der Waals surface area (Å²) >= 11 is 2.02.